The van der Waals surface area contributed by atoms with Gasteiger partial charge >= 0.3 is 0 Å². The van der Waals surface area contributed by atoms with Crippen molar-refractivity contribution in [1.29, 1.82) is 0 Å². The molecule has 0 saturated carbocycles. The maximum absolute atomic E-state index is 15.3. The van der Waals surface area contributed by atoms with Crippen LogP contribution in [-0.4, -0.2) is 23.4 Å². The van der Waals surface area contributed by atoms with E-state index in [1.54, 1.807) is 6.07 Å². The minimum Gasteiger partial charge on any atom is -0.489 e. The summed E-state index contributed by atoms with van der Waals surface area (Å²) in [4.78, 5) is 0. The van der Waals surface area contributed by atoms with E-state index in [-0.39, 0.29) is 5.82 Å². The fourth-order valence-electron chi connectivity index (χ4n) is 3.94. The molecular formula is C27H29FN2O3. The number of ether oxygens (including phenoxy) is 3. The molecule has 1 aromatic heterocycles. The number of halogens is 1. The lowest BCUT2D eigenvalue weighted by molar-refractivity contribution is -0.141. The number of aromatic amines is 1. The summed E-state index contributed by atoms with van der Waals surface area (Å²) in [5, 5.41) is 7.65. The maximum atomic E-state index is 15.3. The predicted molar refractivity (Wildman–Crippen MR) is 128 cm³/mol. The van der Waals surface area contributed by atoms with Crippen LogP contribution in [0.3, 0.4) is 0 Å². The third kappa shape index (κ3) is 5.07. The van der Waals surface area contributed by atoms with Crippen molar-refractivity contribution in [3.63, 3.8) is 0 Å². The summed E-state index contributed by atoms with van der Waals surface area (Å²) in [7, 11) is 0. The third-order valence-electron chi connectivity index (χ3n) is 5.52. The molecule has 1 N–H and O–H groups in total. The Kier molecular flexibility index (Phi) is 7.37. The van der Waals surface area contributed by atoms with Crippen molar-refractivity contribution in [3.05, 3.63) is 83.3 Å². The average Bonchev–Trinajstić information content (AvgIpc) is 3.27. The normalized spacial score (nSPS) is 11.4. The van der Waals surface area contributed by atoms with Crippen molar-refractivity contribution in [1.82, 2.24) is 10.2 Å². The van der Waals surface area contributed by atoms with E-state index in [1.165, 1.54) is 0 Å². The van der Waals surface area contributed by atoms with Crippen molar-refractivity contribution in [3.8, 4) is 16.9 Å². The molecule has 0 unspecified atom stereocenters. The lowest BCUT2D eigenvalue weighted by atomic mass is 9.96. The highest BCUT2D eigenvalue weighted by molar-refractivity contribution is 5.87. The van der Waals surface area contributed by atoms with Crippen LogP contribution in [0, 0.1) is 5.82 Å². The van der Waals surface area contributed by atoms with Crippen molar-refractivity contribution in [2.45, 2.75) is 40.1 Å². The van der Waals surface area contributed by atoms with Crippen LogP contribution in [0.25, 0.3) is 22.0 Å². The minimum absolute atomic E-state index is 0.359. The first kappa shape index (κ1) is 23.0. The second kappa shape index (κ2) is 10.6. The molecule has 0 aliphatic heterocycles. The van der Waals surface area contributed by atoms with Crippen LogP contribution in [0.4, 0.5) is 4.39 Å². The largest absolute Gasteiger partial charge is 0.489 e. The Morgan fingerprint density at radius 1 is 0.939 bits per heavy atom. The van der Waals surface area contributed by atoms with Crippen LogP contribution in [0.1, 0.15) is 43.9 Å². The number of hydrogen-bond acceptors (Lipinski definition) is 4. The summed E-state index contributed by atoms with van der Waals surface area (Å²) in [5.41, 5.74) is 4.96. The fourth-order valence-corrected chi connectivity index (χ4v) is 3.94. The van der Waals surface area contributed by atoms with Gasteiger partial charge in [0.15, 0.2) is 0 Å². The van der Waals surface area contributed by atoms with Gasteiger partial charge in [0.1, 0.15) is 23.9 Å². The van der Waals surface area contributed by atoms with Crippen molar-refractivity contribution < 1.29 is 18.6 Å². The standard InChI is InChI=1S/C27H29FN2O3/c1-4-19-14-21(33-17-18-10-8-7-9-11-18)12-13-22(19)20-15-23(28)25-24(16-20)29-30-26(25)27(31-5-2)32-6-3/h7-16,27H,4-6,17H2,1-3H3,(H,29,30). The number of aryl methyl sites for hydroxylation is 1. The van der Waals surface area contributed by atoms with E-state index in [4.69, 9.17) is 14.2 Å². The lowest BCUT2D eigenvalue weighted by Crippen LogP contribution is -2.10. The molecule has 0 fully saturated rings. The molecule has 6 heteroatoms. The van der Waals surface area contributed by atoms with Gasteiger partial charge in [0.05, 0.1) is 10.9 Å². The number of benzene rings is 3. The number of hydrogen-bond donors (Lipinski definition) is 1. The highest BCUT2D eigenvalue weighted by Gasteiger charge is 2.21. The first-order valence-electron chi connectivity index (χ1n) is 11.3. The van der Waals surface area contributed by atoms with Crippen molar-refractivity contribution in [2.24, 2.45) is 0 Å². The first-order valence-corrected chi connectivity index (χ1v) is 11.3. The van der Waals surface area contributed by atoms with Gasteiger partial charge in [0, 0.05) is 13.2 Å². The molecule has 0 bridgehead atoms. The number of nitrogens with zero attached hydrogens (tertiary/aromatic N) is 1. The van der Waals surface area contributed by atoms with E-state index in [0.29, 0.717) is 36.4 Å². The predicted octanol–water partition coefficient (Wildman–Crippen LogP) is 6.58. The molecule has 3 aromatic carbocycles. The molecular weight excluding hydrogens is 419 g/mol. The molecule has 5 nitrogen and oxygen atoms in total. The Hall–Kier alpha value is -3.22. The monoisotopic (exact) mass is 448 g/mol. The Morgan fingerprint density at radius 3 is 2.39 bits per heavy atom. The van der Waals surface area contributed by atoms with E-state index in [2.05, 4.69) is 17.1 Å². The number of nitrogens with one attached hydrogen (secondary N) is 1. The summed E-state index contributed by atoms with van der Waals surface area (Å²) in [5.74, 6) is 0.432. The van der Waals surface area contributed by atoms with Crippen LogP contribution in [0.2, 0.25) is 0 Å². The van der Waals surface area contributed by atoms with Crippen LogP contribution < -0.4 is 4.74 Å². The average molecular weight is 449 g/mol. The van der Waals surface area contributed by atoms with Crippen molar-refractivity contribution in [2.75, 3.05) is 13.2 Å². The highest BCUT2D eigenvalue weighted by atomic mass is 19.1. The SMILES string of the molecule is CCOC(OCC)c1[nH]nc2cc(-c3ccc(OCc4ccccc4)cc3CC)cc(F)c12. The van der Waals surface area contributed by atoms with Gasteiger partial charge in [0.25, 0.3) is 0 Å². The summed E-state index contributed by atoms with van der Waals surface area (Å²) in [6.45, 7) is 7.22. The number of rotatable bonds is 10. The number of fused-ring (bicyclic) bond motifs is 1. The van der Waals surface area contributed by atoms with Crippen LogP contribution >= 0.6 is 0 Å². The number of H-pyrrole nitrogens is 1. The fraction of sp³-hybridized carbons (Fsp3) is 0.296. The van der Waals surface area contributed by atoms with Gasteiger partial charge in [-0.2, -0.15) is 5.10 Å². The van der Waals surface area contributed by atoms with Crippen LogP contribution in [0.15, 0.2) is 60.7 Å². The first-order chi connectivity index (χ1) is 16.1. The molecule has 0 aliphatic carbocycles. The summed E-state index contributed by atoms with van der Waals surface area (Å²) < 4.78 is 32.5. The lowest BCUT2D eigenvalue weighted by Gasteiger charge is -2.16. The van der Waals surface area contributed by atoms with E-state index < -0.39 is 6.29 Å². The van der Waals surface area contributed by atoms with Gasteiger partial charge in [-0.25, -0.2) is 4.39 Å². The molecule has 0 aliphatic rings. The van der Waals surface area contributed by atoms with Gasteiger partial charge in [-0.15, -0.1) is 0 Å². The molecule has 0 saturated heterocycles. The second-order valence-electron chi connectivity index (χ2n) is 7.68. The topological polar surface area (TPSA) is 56.4 Å². The smallest absolute Gasteiger partial charge is 0.201 e. The third-order valence-corrected chi connectivity index (χ3v) is 5.52. The number of aromatic nitrogens is 2. The van der Waals surface area contributed by atoms with Crippen LogP contribution in [0.5, 0.6) is 5.75 Å². The van der Waals surface area contributed by atoms with Gasteiger partial charge in [-0.1, -0.05) is 43.3 Å². The zero-order chi connectivity index (χ0) is 23.2. The summed E-state index contributed by atoms with van der Waals surface area (Å²) in [6.07, 6.45) is 0.109. The maximum Gasteiger partial charge on any atom is 0.201 e. The van der Waals surface area contributed by atoms with Gasteiger partial charge in [-0.3, -0.25) is 5.10 Å². The zero-order valence-corrected chi connectivity index (χ0v) is 19.2. The van der Waals surface area contributed by atoms with E-state index in [0.717, 1.165) is 34.4 Å². The van der Waals surface area contributed by atoms with Gasteiger partial charge in [-0.05, 0) is 66.8 Å². The molecule has 0 spiro atoms. The second-order valence-corrected chi connectivity index (χ2v) is 7.68. The molecule has 0 atom stereocenters. The van der Waals surface area contributed by atoms with E-state index >= 15 is 4.39 Å². The van der Waals surface area contributed by atoms with E-state index in [9.17, 15) is 0 Å². The Morgan fingerprint density at radius 2 is 1.70 bits per heavy atom. The Bertz CT molecular complexity index is 1200. The quantitative estimate of drug-likeness (QED) is 0.278. The molecule has 0 amide bonds. The highest BCUT2D eigenvalue weighted by Crippen LogP contribution is 2.34. The van der Waals surface area contributed by atoms with Crippen LogP contribution in [-0.2, 0) is 22.5 Å². The van der Waals surface area contributed by atoms with E-state index in [1.807, 2.05) is 68.4 Å². The molecule has 0 radical (unpaired) electrons. The molecule has 4 rings (SSSR count). The zero-order valence-electron chi connectivity index (χ0n) is 19.2. The molecule has 172 valence electrons. The Balaban J connectivity index is 1.64. The summed E-state index contributed by atoms with van der Waals surface area (Å²) in [6, 6.07) is 19.4. The molecule has 1 heterocycles. The van der Waals surface area contributed by atoms with Gasteiger partial charge < -0.3 is 14.2 Å². The molecule has 33 heavy (non-hydrogen) atoms. The Labute approximate surface area is 193 Å². The van der Waals surface area contributed by atoms with Crippen molar-refractivity contribution >= 4 is 10.9 Å². The summed E-state index contributed by atoms with van der Waals surface area (Å²) >= 11 is 0. The molecule has 4 aromatic rings. The minimum atomic E-state index is -0.683. The van der Waals surface area contributed by atoms with Gasteiger partial charge in [0.2, 0.25) is 6.29 Å².